The van der Waals surface area contributed by atoms with Crippen molar-refractivity contribution < 1.29 is 17.9 Å². The van der Waals surface area contributed by atoms with Gasteiger partial charge in [-0.3, -0.25) is 4.90 Å². The zero-order chi connectivity index (χ0) is 15.3. The summed E-state index contributed by atoms with van der Waals surface area (Å²) < 4.78 is 42.7. The Labute approximate surface area is 122 Å². The number of halogens is 3. The van der Waals surface area contributed by atoms with Gasteiger partial charge in [-0.25, -0.2) is 4.98 Å². The molecule has 0 radical (unpaired) electrons. The number of ether oxygens (including phenoxy) is 1. The molecule has 0 aliphatic carbocycles. The highest BCUT2D eigenvalue weighted by Crippen LogP contribution is 2.22. The van der Waals surface area contributed by atoms with Crippen LogP contribution < -0.4 is 4.74 Å². The van der Waals surface area contributed by atoms with E-state index in [4.69, 9.17) is 4.74 Å². The standard InChI is InChI=1S/C15H19F3N2O/c1-2-3-12-4-7-19-14(10-12)21-13-5-8-20(9-6-13)11-15(16,17)18/h2,4,7,10,13H,1,3,5-6,8-9,11H2. The summed E-state index contributed by atoms with van der Waals surface area (Å²) in [5.74, 6) is 0.531. The van der Waals surface area contributed by atoms with E-state index >= 15 is 0 Å². The molecule has 0 atom stereocenters. The topological polar surface area (TPSA) is 25.4 Å². The van der Waals surface area contributed by atoms with Crippen LogP contribution in [0.2, 0.25) is 0 Å². The van der Waals surface area contributed by atoms with Crippen LogP contribution in [-0.4, -0.2) is 41.8 Å². The summed E-state index contributed by atoms with van der Waals surface area (Å²) in [6.07, 6.45) is 1.19. The van der Waals surface area contributed by atoms with Gasteiger partial charge in [0.15, 0.2) is 0 Å². The van der Waals surface area contributed by atoms with Gasteiger partial charge in [0.25, 0.3) is 0 Å². The first-order valence-corrected chi connectivity index (χ1v) is 6.98. The van der Waals surface area contributed by atoms with Crippen LogP contribution in [0.25, 0.3) is 0 Å². The number of pyridine rings is 1. The Morgan fingerprint density at radius 2 is 2.10 bits per heavy atom. The zero-order valence-electron chi connectivity index (χ0n) is 11.8. The maximum atomic E-state index is 12.3. The average molecular weight is 300 g/mol. The molecule has 1 aliphatic heterocycles. The molecule has 0 saturated carbocycles. The van der Waals surface area contributed by atoms with Crippen molar-refractivity contribution in [2.75, 3.05) is 19.6 Å². The molecule has 0 spiro atoms. The molecule has 1 fully saturated rings. The highest BCUT2D eigenvalue weighted by molar-refractivity contribution is 5.22. The van der Waals surface area contributed by atoms with E-state index in [1.807, 2.05) is 12.1 Å². The lowest BCUT2D eigenvalue weighted by molar-refractivity contribution is -0.149. The number of hydrogen-bond acceptors (Lipinski definition) is 3. The van der Waals surface area contributed by atoms with E-state index < -0.39 is 12.7 Å². The first kappa shape index (κ1) is 15.8. The van der Waals surface area contributed by atoms with E-state index in [2.05, 4.69) is 11.6 Å². The summed E-state index contributed by atoms with van der Waals surface area (Å²) in [6.45, 7) is 3.64. The third-order valence-corrected chi connectivity index (χ3v) is 3.40. The van der Waals surface area contributed by atoms with Crippen molar-refractivity contribution >= 4 is 0 Å². The van der Waals surface area contributed by atoms with Crippen LogP contribution in [-0.2, 0) is 6.42 Å². The van der Waals surface area contributed by atoms with Gasteiger partial charge in [0, 0.05) is 25.4 Å². The van der Waals surface area contributed by atoms with Gasteiger partial charge in [-0.15, -0.1) is 6.58 Å². The van der Waals surface area contributed by atoms with Gasteiger partial charge >= 0.3 is 6.18 Å². The molecule has 2 rings (SSSR count). The molecule has 0 N–H and O–H groups in total. The fraction of sp³-hybridized carbons (Fsp3) is 0.533. The summed E-state index contributed by atoms with van der Waals surface area (Å²) in [7, 11) is 0. The summed E-state index contributed by atoms with van der Waals surface area (Å²) in [5, 5.41) is 0. The fourth-order valence-electron chi connectivity index (χ4n) is 2.42. The molecule has 21 heavy (non-hydrogen) atoms. The SMILES string of the molecule is C=CCc1ccnc(OC2CCN(CC(F)(F)F)CC2)c1. The highest BCUT2D eigenvalue weighted by atomic mass is 19.4. The van der Waals surface area contributed by atoms with Gasteiger partial charge in [-0.1, -0.05) is 6.08 Å². The molecule has 1 saturated heterocycles. The second-order valence-corrected chi connectivity index (χ2v) is 5.20. The smallest absolute Gasteiger partial charge is 0.401 e. The van der Waals surface area contributed by atoms with Crippen molar-refractivity contribution in [1.29, 1.82) is 0 Å². The fourth-order valence-corrected chi connectivity index (χ4v) is 2.42. The first-order chi connectivity index (χ1) is 9.96. The quantitative estimate of drug-likeness (QED) is 0.781. The maximum Gasteiger partial charge on any atom is 0.401 e. The number of likely N-dealkylation sites (tertiary alicyclic amines) is 1. The van der Waals surface area contributed by atoms with Crippen molar-refractivity contribution in [3.05, 3.63) is 36.5 Å². The Morgan fingerprint density at radius 3 is 2.71 bits per heavy atom. The number of allylic oxidation sites excluding steroid dienone is 1. The molecular weight excluding hydrogens is 281 g/mol. The van der Waals surface area contributed by atoms with Gasteiger partial charge in [0.1, 0.15) is 6.10 Å². The third kappa shape index (κ3) is 5.38. The van der Waals surface area contributed by atoms with Gasteiger partial charge < -0.3 is 4.74 Å². The normalized spacial score (nSPS) is 17.7. The monoisotopic (exact) mass is 300 g/mol. The maximum absolute atomic E-state index is 12.3. The van der Waals surface area contributed by atoms with Crippen LogP contribution in [0.5, 0.6) is 5.88 Å². The Balaban J connectivity index is 1.83. The van der Waals surface area contributed by atoms with Crippen LogP contribution in [0.3, 0.4) is 0 Å². The summed E-state index contributed by atoms with van der Waals surface area (Å²) in [5.41, 5.74) is 1.06. The van der Waals surface area contributed by atoms with Crippen LogP contribution in [0.4, 0.5) is 13.2 Å². The van der Waals surface area contributed by atoms with Gasteiger partial charge in [-0.05, 0) is 30.9 Å². The number of nitrogens with zero attached hydrogens (tertiary/aromatic N) is 2. The van der Waals surface area contributed by atoms with E-state index in [9.17, 15) is 13.2 Å². The first-order valence-electron chi connectivity index (χ1n) is 6.98. The van der Waals surface area contributed by atoms with E-state index in [0.717, 1.165) is 12.0 Å². The predicted octanol–water partition coefficient (Wildman–Crippen LogP) is 3.22. The summed E-state index contributed by atoms with van der Waals surface area (Å²) in [6, 6.07) is 3.74. The Hall–Kier alpha value is -1.56. The van der Waals surface area contributed by atoms with E-state index in [1.54, 1.807) is 12.3 Å². The lowest BCUT2D eigenvalue weighted by atomic mass is 10.1. The molecule has 0 aromatic carbocycles. The molecule has 0 amide bonds. The average Bonchev–Trinajstić information content (AvgIpc) is 2.40. The number of hydrogen-bond donors (Lipinski definition) is 0. The summed E-state index contributed by atoms with van der Waals surface area (Å²) in [4.78, 5) is 5.56. The Morgan fingerprint density at radius 1 is 1.38 bits per heavy atom. The minimum Gasteiger partial charge on any atom is -0.474 e. The largest absolute Gasteiger partial charge is 0.474 e. The van der Waals surface area contributed by atoms with Crippen molar-refractivity contribution in [2.24, 2.45) is 0 Å². The van der Waals surface area contributed by atoms with Crippen LogP contribution in [0.15, 0.2) is 31.0 Å². The van der Waals surface area contributed by atoms with Gasteiger partial charge in [-0.2, -0.15) is 13.2 Å². The van der Waals surface area contributed by atoms with E-state index in [1.165, 1.54) is 4.90 Å². The van der Waals surface area contributed by atoms with Gasteiger partial charge in [0.05, 0.1) is 6.54 Å². The third-order valence-electron chi connectivity index (χ3n) is 3.40. The number of aromatic nitrogens is 1. The van der Waals surface area contributed by atoms with Gasteiger partial charge in [0.2, 0.25) is 5.88 Å². The predicted molar refractivity (Wildman–Crippen MR) is 74.3 cm³/mol. The second kappa shape index (κ2) is 6.93. The van der Waals surface area contributed by atoms with E-state index in [-0.39, 0.29) is 6.10 Å². The molecule has 1 aliphatic rings. The van der Waals surface area contributed by atoms with Crippen molar-refractivity contribution in [2.45, 2.75) is 31.5 Å². The second-order valence-electron chi connectivity index (χ2n) is 5.20. The molecule has 6 heteroatoms. The van der Waals surface area contributed by atoms with Crippen molar-refractivity contribution in [3.8, 4) is 5.88 Å². The van der Waals surface area contributed by atoms with Crippen LogP contribution >= 0.6 is 0 Å². The Bertz CT molecular complexity index is 468. The Kier molecular flexibility index (Phi) is 5.22. The van der Waals surface area contributed by atoms with Crippen LogP contribution in [0.1, 0.15) is 18.4 Å². The summed E-state index contributed by atoms with van der Waals surface area (Å²) >= 11 is 0. The van der Waals surface area contributed by atoms with E-state index in [0.29, 0.717) is 31.8 Å². The molecule has 1 aromatic rings. The molecule has 1 aromatic heterocycles. The lowest BCUT2D eigenvalue weighted by Crippen LogP contribution is -2.42. The molecular formula is C15H19F3N2O. The molecule has 0 bridgehead atoms. The molecule has 0 unspecified atom stereocenters. The van der Waals surface area contributed by atoms with Crippen molar-refractivity contribution in [1.82, 2.24) is 9.88 Å². The minimum absolute atomic E-state index is 0.0686. The minimum atomic E-state index is -4.13. The molecule has 3 nitrogen and oxygen atoms in total. The number of piperidine rings is 1. The number of rotatable bonds is 5. The lowest BCUT2D eigenvalue weighted by Gasteiger charge is -2.32. The zero-order valence-corrected chi connectivity index (χ0v) is 11.8. The number of alkyl halides is 3. The van der Waals surface area contributed by atoms with Crippen molar-refractivity contribution in [3.63, 3.8) is 0 Å². The highest BCUT2D eigenvalue weighted by Gasteiger charge is 2.32. The molecule has 116 valence electrons. The van der Waals surface area contributed by atoms with Crippen LogP contribution in [0, 0.1) is 0 Å². The molecule has 2 heterocycles.